The number of thioether (sulfide) groups is 2. The first-order valence-corrected chi connectivity index (χ1v) is 11.7. The molecule has 21 heavy (non-hydrogen) atoms. The van der Waals surface area contributed by atoms with Crippen LogP contribution in [0.4, 0.5) is 0 Å². The Morgan fingerprint density at radius 3 is 1.90 bits per heavy atom. The minimum absolute atomic E-state index is 0.657. The van der Waals surface area contributed by atoms with E-state index in [4.69, 9.17) is 0 Å². The van der Waals surface area contributed by atoms with Crippen LogP contribution in [0.25, 0.3) is 0 Å². The smallest absolute Gasteiger partial charge is 0.143 e. The van der Waals surface area contributed by atoms with E-state index in [1.54, 1.807) is 4.53 Å². The van der Waals surface area contributed by atoms with E-state index in [-0.39, 0.29) is 0 Å². The van der Waals surface area contributed by atoms with Crippen molar-refractivity contribution < 1.29 is 0 Å². The number of hydrogen-bond donors (Lipinski definition) is 0. The molecule has 3 rings (SSSR count). The largest absolute Gasteiger partial charge is 0.152 e. The predicted molar refractivity (Wildman–Crippen MR) is 101 cm³/mol. The third kappa shape index (κ3) is 3.01. The molecule has 0 saturated heterocycles. The summed E-state index contributed by atoms with van der Waals surface area (Å²) in [6.07, 6.45) is 2.47. The molecule has 0 saturated carbocycles. The molecule has 1 heterocycles. The number of hydrogen-bond acceptors (Lipinski definition) is 2. The maximum Gasteiger partial charge on any atom is 0.152 e. The molecule has 108 valence electrons. The van der Waals surface area contributed by atoms with E-state index in [0.717, 1.165) is 5.75 Å². The molecular formula is C18H20S2Si. The predicted octanol–water partition coefficient (Wildman–Crippen LogP) is 4.13. The van der Waals surface area contributed by atoms with E-state index in [0.29, 0.717) is 4.58 Å². The van der Waals surface area contributed by atoms with Crippen LogP contribution in [-0.4, -0.2) is 18.4 Å². The van der Waals surface area contributed by atoms with Crippen LogP contribution in [0.1, 0.15) is 6.92 Å². The average Bonchev–Trinajstić information content (AvgIpc) is 2.56. The Balaban J connectivity index is 2.14. The lowest BCUT2D eigenvalue weighted by molar-refractivity contribution is 1.41. The van der Waals surface area contributed by atoms with Crippen LogP contribution in [0.2, 0.25) is 6.55 Å². The van der Waals surface area contributed by atoms with Gasteiger partial charge < -0.3 is 0 Å². The van der Waals surface area contributed by atoms with Gasteiger partial charge in [0.05, 0.1) is 4.58 Å². The standard InChI is InChI=1S/C18H20S2Si/c1-15-19-14-13-18(20-15)21(2,16-9-5-3-6-10-16)17-11-7-4-8-12-17/h3-13,15H,14H2,1-2H3. The molecule has 0 fully saturated rings. The van der Waals surface area contributed by atoms with Crippen molar-refractivity contribution in [3.8, 4) is 0 Å². The van der Waals surface area contributed by atoms with Gasteiger partial charge in [0, 0.05) is 5.75 Å². The van der Waals surface area contributed by atoms with Gasteiger partial charge in [0.2, 0.25) is 0 Å². The van der Waals surface area contributed by atoms with Crippen LogP contribution < -0.4 is 10.4 Å². The molecule has 2 aromatic rings. The van der Waals surface area contributed by atoms with E-state index < -0.39 is 8.07 Å². The Bertz CT molecular complexity index is 583. The maximum atomic E-state index is 2.50. The van der Waals surface area contributed by atoms with Gasteiger partial charge in [0.15, 0.2) is 8.07 Å². The lowest BCUT2D eigenvalue weighted by Crippen LogP contribution is -2.57. The fourth-order valence-corrected chi connectivity index (χ4v) is 10.5. The topological polar surface area (TPSA) is 0 Å². The Kier molecular flexibility index (Phi) is 4.62. The van der Waals surface area contributed by atoms with Gasteiger partial charge in [-0.1, -0.05) is 73.3 Å². The summed E-state index contributed by atoms with van der Waals surface area (Å²) in [7, 11) is -1.83. The Morgan fingerprint density at radius 2 is 1.43 bits per heavy atom. The summed E-state index contributed by atoms with van der Waals surface area (Å²) in [6, 6.07) is 22.2. The molecule has 0 spiro atoms. The highest BCUT2D eigenvalue weighted by Gasteiger charge is 2.37. The van der Waals surface area contributed by atoms with Gasteiger partial charge in [-0.3, -0.25) is 0 Å². The normalized spacial score (nSPS) is 19.1. The SMILES string of the molecule is CC1SCC=C([Si](C)(c2ccccc2)c2ccccc2)S1. The highest BCUT2D eigenvalue weighted by molar-refractivity contribution is 8.20. The zero-order valence-electron chi connectivity index (χ0n) is 12.5. The summed E-state index contributed by atoms with van der Waals surface area (Å²) >= 11 is 4.11. The molecule has 0 nitrogen and oxygen atoms in total. The second kappa shape index (κ2) is 6.47. The molecule has 3 heteroatoms. The van der Waals surface area contributed by atoms with E-state index >= 15 is 0 Å². The van der Waals surface area contributed by atoms with Crippen LogP contribution in [0, 0.1) is 0 Å². The molecule has 1 aliphatic rings. The maximum absolute atomic E-state index is 2.50. The van der Waals surface area contributed by atoms with Crippen molar-refractivity contribution in [1.29, 1.82) is 0 Å². The minimum Gasteiger partial charge on any atom is -0.143 e. The van der Waals surface area contributed by atoms with Crippen LogP contribution >= 0.6 is 23.5 Å². The average molecular weight is 329 g/mol. The summed E-state index contributed by atoms with van der Waals surface area (Å²) in [4.78, 5) is 0. The first kappa shape index (κ1) is 15.0. The second-order valence-electron chi connectivity index (χ2n) is 5.44. The molecule has 0 N–H and O–H groups in total. The monoisotopic (exact) mass is 328 g/mol. The Morgan fingerprint density at radius 1 is 0.905 bits per heavy atom. The van der Waals surface area contributed by atoms with Gasteiger partial charge in [0.1, 0.15) is 0 Å². The van der Waals surface area contributed by atoms with Crippen LogP contribution in [-0.2, 0) is 0 Å². The van der Waals surface area contributed by atoms with Crippen LogP contribution in [0.15, 0.2) is 71.3 Å². The van der Waals surface area contributed by atoms with E-state index in [9.17, 15) is 0 Å². The molecule has 0 aromatic heterocycles. The Hall–Kier alpha value is -0.903. The lowest BCUT2D eigenvalue weighted by atomic mass is 10.4. The van der Waals surface area contributed by atoms with Gasteiger partial charge in [-0.15, -0.1) is 23.5 Å². The highest BCUT2D eigenvalue weighted by Crippen LogP contribution is 2.39. The van der Waals surface area contributed by atoms with Crippen molar-refractivity contribution in [1.82, 2.24) is 0 Å². The summed E-state index contributed by atoms with van der Waals surface area (Å²) in [5, 5.41) is 3.02. The second-order valence-corrected chi connectivity index (χ2v) is 12.8. The number of rotatable bonds is 3. The molecule has 0 radical (unpaired) electrons. The van der Waals surface area contributed by atoms with E-state index in [2.05, 4.69) is 92.0 Å². The van der Waals surface area contributed by atoms with Gasteiger partial charge in [-0.25, -0.2) is 0 Å². The van der Waals surface area contributed by atoms with Crippen molar-refractivity contribution in [2.45, 2.75) is 18.1 Å². The summed E-state index contributed by atoms with van der Waals surface area (Å²) in [5.74, 6) is 1.14. The van der Waals surface area contributed by atoms with Gasteiger partial charge in [-0.2, -0.15) is 0 Å². The summed E-state index contributed by atoms with van der Waals surface area (Å²) < 4.78 is 2.27. The first-order chi connectivity index (χ1) is 10.2. The molecule has 1 aliphatic heterocycles. The van der Waals surface area contributed by atoms with Gasteiger partial charge in [-0.05, 0) is 21.8 Å². The molecule has 2 aromatic carbocycles. The summed E-state index contributed by atoms with van der Waals surface area (Å²) in [6.45, 7) is 4.83. The summed E-state index contributed by atoms with van der Waals surface area (Å²) in [5.41, 5.74) is 0. The molecule has 1 atom stereocenters. The third-order valence-electron chi connectivity index (χ3n) is 4.09. The van der Waals surface area contributed by atoms with Crippen molar-refractivity contribution in [3.05, 3.63) is 71.3 Å². The van der Waals surface area contributed by atoms with Gasteiger partial charge >= 0.3 is 0 Å². The molecular weight excluding hydrogens is 308 g/mol. The van der Waals surface area contributed by atoms with Gasteiger partial charge in [0.25, 0.3) is 0 Å². The van der Waals surface area contributed by atoms with Crippen LogP contribution in [0.5, 0.6) is 0 Å². The fraction of sp³-hybridized carbons (Fsp3) is 0.222. The molecule has 1 unspecified atom stereocenters. The van der Waals surface area contributed by atoms with E-state index in [1.165, 1.54) is 10.4 Å². The lowest BCUT2D eigenvalue weighted by Gasteiger charge is -2.34. The van der Waals surface area contributed by atoms with Crippen molar-refractivity contribution in [2.75, 3.05) is 5.75 Å². The zero-order valence-corrected chi connectivity index (χ0v) is 15.1. The first-order valence-electron chi connectivity index (χ1n) is 7.31. The van der Waals surface area contributed by atoms with Crippen LogP contribution in [0.3, 0.4) is 0 Å². The van der Waals surface area contributed by atoms with Crippen molar-refractivity contribution in [3.63, 3.8) is 0 Å². The third-order valence-corrected chi connectivity index (χ3v) is 12.1. The minimum atomic E-state index is -1.83. The fourth-order valence-electron chi connectivity index (χ4n) is 2.84. The van der Waals surface area contributed by atoms with E-state index in [1.807, 2.05) is 11.8 Å². The molecule has 0 bridgehead atoms. The molecule has 0 aliphatic carbocycles. The Labute approximate surface area is 137 Å². The zero-order chi connectivity index (χ0) is 14.7. The highest BCUT2D eigenvalue weighted by atomic mass is 32.2. The van der Waals surface area contributed by atoms with Crippen molar-refractivity contribution >= 4 is 42.0 Å². The van der Waals surface area contributed by atoms with Crippen molar-refractivity contribution in [2.24, 2.45) is 0 Å². The molecule has 0 amide bonds. The quantitative estimate of drug-likeness (QED) is 0.777. The number of benzene rings is 2.